The third-order valence-corrected chi connectivity index (χ3v) is 3.07. The van der Waals surface area contributed by atoms with Crippen LogP contribution in [0.5, 0.6) is 0 Å². The highest BCUT2D eigenvalue weighted by Gasteiger charge is 2.24. The van der Waals surface area contributed by atoms with Crippen molar-refractivity contribution in [1.82, 2.24) is 10.2 Å². The summed E-state index contributed by atoms with van der Waals surface area (Å²) in [7, 11) is 0. The van der Waals surface area contributed by atoms with Crippen LogP contribution in [0.2, 0.25) is 0 Å². The topological polar surface area (TPSA) is 46.0 Å². The molecule has 0 saturated carbocycles. The lowest BCUT2D eigenvalue weighted by atomic mass is 10.3. The number of carbonyl (C=O) groups is 1. The Balaban J connectivity index is 1.74. The molecule has 0 atom stereocenters. The summed E-state index contributed by atoms with van der Waals surface area (Å²) in [6.07, 6.45) is 0. The van der Waals surface area contributed by atoms with E-state index in [0.29, 0.717) is 12.5 Å². The molecular formula is C10H20N3O2+. The lowest BCUT2D eigenvalue weighted by Crippen LogP contribution is -3.17. The highest BCUT2D eigenvalue weighted by atomic mass is 16.5. The fraction of sp³-hybridized carbons (Fsp3) is 0.900. The number of piperazine rings is 1. The van der Waals surface area contributed by atoms with Gasteiger partial charge in [-0.3, -0.25) is 9.80 Å². The maximum absolute atomic E-state index is 11.9. The number of hydrogen-bond donors (Lipinski definition) is 2. The Morgan fingerprint density at radius 1 is 1.27 bits per heavy atom. The number of ether oxygens (including phenoxy) is 1. The van der Waals surface area contributed by atoms with Gasteiger partial charge in [0.15, 0.2) is 0 Å². The molecule has 0 spiro atoms. The van der Waals surface area contributed by atoms with E-state index in [1.54, 1.807) is 0 Å². The summed E-state index contributed by atoms with van der Waals surface area (Å²) in [6, 6.07) is 0. The van der Waals surface area contributed by atoms with Crippen LogP contribution >= 0.6 is 0 Å². The number of rotatable bonds is 2. The average Bonchev–Trinajstić information content (AvgIpc) is 2.31. The molecule has 2 aliphatic heterocycles. The van der Waals surface area contributed by atoms with Gasteiger partial charge in [0.05, 0.1) is 13.2 Å². The lowest BCUT2D eigenvalue weighted by molar-refractivity contribution is -0.830. The van der Waals surface area contributed by atoms with Crippen molar-refractivity contribution in [3.05, 3.63) is 0 Å². The van der Waals surface area contributed by atoms with Gasteiger partial charge >= 0.3 is 5.91 Å². The zero-order valence-corrected chi connectivity index (χ0v) is 9.13. The Hall–Kier alpha value is -0.490. The van der Waals surface area contributed by atoms with Gasteiger partial charge < -0.3 is 10.1 Å². The molecule has 2 aliphatic rings. The molecule has 2 saturated heterocycles. The first-order valence-electron chi connectivity index (χ1n) is 5.75. The summed E-state index contributed by atoms with van der Waals surface area (Å²) >= 11 is 0. The van der Waals surface area contributed by atoms with Crippen LogP contribution in [-0.4, -0.2) is 69.8 Å². The van der Waals surface area contributed by atoms with Crippen LogP contribution in [0.15, 0.2) is 0 Å². The molecule has 0 aromatic rings. The summed E-state index contributed by atoms with van der Waals surface area (Å²) in [6.45, 7) is 7.74. The molecule has 0 bridgehead atoms. The van der Waals surface area contributed by atoms with Gasteiger partial charge in [0.2, 0.25) is 0 Å². The van der Waals surface area contributed by atoms with Crippen LogP contribution < -0.4 is 10.2 Å². The predicted octanol–water partition coefficient (Wildman–Crippen LogP) is -2.67. The van der Waals surface area contributed by atoms with Crippen molar-refractivity contribution in [2.24, 2.45) is 0 Å². The minimum atomic E-state index is 0.334. The van der Waals surface area contributed by atoms with Gasteiger partial charge in [0.25, 0.3) is 0 Å². The molecule has 2 N–H and O–H groups in total. The van der Waals surface area contributed by atoms with E-state index in [-0.39, 0.29) is 0 Å². The highest BCUT2D eigenvalue weighted by molar-refractivity contribution is 5.69. The van der Waals surface area contributed by atoms with Crippen molar-refractivity contribution < 1.29 is 14.4 Å². The first-order chi connectivity index (χ1) is 7.36. The minimum absolute atomic E-state index is 0.334. The van der Waals surface area contributed by atoms with Gasteiger partial charge in [-0.05, 0) is 0 Å². The van der Waals surface area contributed by atoms with Crippen molar-refractivity contribution >= 4 is 5.91 Å². The monoisotopic (exact) mass is 214 g/mol. The Morgan fingerprint density at radius 2 is 1.93 bits per heavy atom. The molecular weight excluding hydrogens is 194 g/mol. The normalized spacial score (nSPS) is 25.3. The van der Waals surface area contributed by atoms with Crippen LogP contribution in [0.1, 0.15) is 0 Å². The Bertz CT molecular complexity index is 211. The Morgan fingerprint density at radius 3 is 2.60 bits per heavy atom. The lowest BCUT2D eigenvalue weighted by Gasteiger charge is -2.28. The average molecular weight is 214 g/mol. The van der Waals surface area contributed by atoms with E-state index in [4.69, 9.17) is 4.74 Å². The van der Waals surface area contributed by atoms with Crippen molar-refractivity contribution in [1.29, 1.82) is 0 Å². The predicted molar refractivity (Wildman–Crippen MR) is 55.8 cm³/mol. The van der Waals surface area contributed by atoms with E-state index in [2.05, 4.69) is 10.2 Å². The number of nitrogens with one attached hydrogen (secondary N) is 2. The zero-order chi connectivity index (χ0) is 10.5. The van der Waals surface area contributed by atoms with Crippen molar-refractivity contribution in [3.63, 3.8) is 0 Å². The molecule has 2 heterocycles. The van der Waals surface area contributed by atoms with Gasteiger partial charge in [-0.1, -0.05) is 0 Å². The molecule has 0 unspecified atom stereocenters. The number of amides is 1. The Kier molecular flexibility index (Phi) is 4.08. The fourth-order valence-electron chi connectivity index (χ4n) is 2.08. The molecule has 1 amide bonds. The van der Waals surface area contributed by atoms with Gasteiger partial charge in [-0.15, -0.1) is 0 Å². The molecule has 5 heteroatoms. The first kappa shape index (κ1) is 11.0. The molecule has 0 aromatic heterocycles. The molecule has 0 radical (unpaired) electrons. The maximum Gasteiger partial charge on any atom is 0.326 e. The second kappa shape index (κ2) is 5.55. The van der Waals surface area contributed by atoms with E-state index >= 15 is 0 Å². The second-order valence-electron chi connectivity index (χ2n) is 4.17. The van der Waals surface area contributed by atoms with Crippen LogP contribution in [0, 0.1) is 0 Å². The Labute approximate surface area is 90.4 Å². The summed E-state index contributed by atoms with van der Waals surface area (Å²) in [5, 5.41) is 3.29. The second-order valence-corrected chi connectivity index (χ2v) is 4.17. The summed E-state index contributed by atoms with van der Waals surface area (Å²) in [5.41, 5.74) is 0. The van der Waals surface area contributed by atoms with E-state index < -0.39 is 0 Å². The van der Waals surface area contributed by atoms with E-state index in [1.807, 2.05) is 0 Å². The first-order valence-corrected chi connectivity index (χ1v) is 5.75. The summed E-state index contributed by atoms with van der Waals surface area (Å²) < 4.78 is 5.24. The molecule has 2 rings (SSSR count). The number of nitrogens with zero attached hydrogens (tertiary/aromatic N) is 1. The van der Waals surface area contributed by atoms with Gasteiger partial charge in [-0.2, -0.15) is 0 Å². The van der Waals surface area contributed by atoms with Crippen molar-refractivity contribution in [2.45, 2.75) is 0 Å². The van der Waals surface area contributed by atoms with Gasteiger partial charge in [0.1, 0.15) is 19.6 Å². The standard InChI is InChI=1S/C10H19N3O2/c14-10(13-5-7-15-8-6-13)9-12-3-1-11-2-4-12/h11H,1-9H2/p+1. The third-order valence-electron chi connectivity index (χ3n) is 3.07. The highest BCUT2D eigenvalue weighted by Crippen LogP contribution is 1.90. The van der Waals surface area contributed by atoms with Crippen molar-refractivity contribution in [2.75, 3.05) is 59.0 Å². The SMILES string of the molecule is O=C(CN1CCNCC1)[NH+]1CCOCC1. The molecule has 15 heavy (non-hydrogen) atoms. The zero-order valence-electron chi connectivity index (χ0n) is 9.13. The van der Waals surface area contributed by atoms with Crippen LogP contribution in [0.4, 0.5) is 0 Å². The van der Waals surface area contributed by atoms with Gasteiger partial charge in [-0.25, -0.2) is 4.79 Å². The molecule has 2 fully saturated rings. The third kappa shape index (κ3) is 3.24. The van der Waals surface area contributed by atoms with Crippen LogP contribution in [0.25, 0.3) is 0 Å². The van der Waals surface area contributed by atoms with E-state index in [9.17, 15) is 4.79 Å². The molecule has 0 aliphatic carbocycles. The number of morpholine rings is 1. The van der Waals surface area contributed by atoms with E-state index in [0.717, 1.165) is 57.4 Å². The number of quaternary nitrogens is 1. The maximum atomic E-state index is 11.9. The smallest absolute Gasteiger partial charge is 0.326 e. The minimum Gasteiger partial charge on any atom is -0.370 e. The molecule has 0 aromatic carbocycles. The summed E-state index contributed by atoms with van der Waals surface area (Å²) in [4.78, 5) is 15.2. The van der Waals surface area contributed by atoms with Crippen molar-refractivity contribution in [3.8, 4) is 0 Å². The number of hydrogen-bond acceptors (Lipinski definition) is 4. The quantitative estimate of drug-likeness (QED) is 0.526. The number of carbonyl (C=O) groups excluding carboxylic acids is 1. The fourth-order valence-corrected chi connectivity index (χ4v) is 2.08. The van der Waals surface area contributed by atoms with Crippen LogP contribution in [0.3, 0.4) is 0 Å². The van der Waals surface area contributed by atoms with Crippen LogP contribution in [-0.2, 0) is 9.53 Å². The van der Waals surface area contributed by atoms with E-state index in [1.165, 1.54) is 0 Å². The van der Waals surface area contributed by atoms with Gasteiger partial charge in [0, 0.05) is 26.2 Å². The largest absolute Gasteiger partial charge is 0.370 e. The molecule has 5 nitrogen and oxygen atoms in total. The summed E-state index contributed by atoms with van der Waals surface area (Å²) in [5.74, 6) is 0.334. The molecule has 86 valence electrons.